The van der Waals surface area contributed by atoms with E-state index in [1.54, 1.807) is 11.8 Å². The fourth-order valence-electron chi connectivity index (χ4n) is 0.871. The molecule has 0 fully saturated rings. The lowest BCUT2D eigenvalue weighted by Crippen LogP contribution is -1.92. The normalized spacial score (nSPS) is 10.3. The third kappa shape index (κ3) is 1.34. The molecule has 3 heteroatoms. The van der Waals surface area contributed by atoms with Crippen molar-refractivity contribution in [3.63, 3.8) is 0 Å². The van der Waals surface area contributed by atoms with E-state index in [9.17, 15) is 0 Å². The summed E-state index contributed by atoms with van der Waals surface area (Å²) in [6.45, 7) is 2.12. The first-order valence-corrected chi connectivity index (χ1v) is 4.57. The molecule has 0 spiro atoms. The Balaban J connectivity index is 2.92. The highest BCUT2D eigenvalue weighted by atomic mass is 32.2. The van der Waals surface area contributed by atoms with Crippen molar-refractivity contribution in [2.75, 3.05) is 6.26 Å². The largest absolute Gasteiger partial charge is 0.262 e. The van der Waals surface area contributed by atoms with E-state index in [0.29, 0.717) is 0 Å². The van der Waals surface area contributed by atoms with Crippen LogP contribution in [0, 0.1) is 0 Å². The zero-order valence-electron chi connectivity index (χ0n) is 6.59. The molecule has 0 aliphatic rings. The van der Waals surface area contributed by atoms with Crippen molar-refractivity contribution in [2.24, 2.45) is 7.05 Å². The van der Waals surface area contributed by atoms with Gasteiger partial charge in [-0.3, -0.25) is 4.68 Å². The molecule has 1 aromatic heterocycles. The quantitative estimate of drug-likeness (QED) is 0.607. The van der Waals surface area contributed by atoms with Crippen LogP contribution in [-0.4, -0.2) is 16.0 Å². The van der Waals surface area contributed by atoms with Crippen molar-refractivity contribution in [1.82, 2.24) is 9.78 Å². The van der Waals surface area contributed by atoms with Crippen LogP contribution in [0.1, 0.15) is 12.6 Å². The van der Waals surface area contributed by atoms with Crippen LogP contribution >= 0.6 is 11.8 Å². The lowest BCUT2D eigenvalue weighted by atomic mass is 10.3. The fraction of sp³-hybridized carbons (Fsp3) is 0.571. The van der Waals surface area contributed by atoms with Gasteiger partial charge < -0.3 is 0 Å². The smallest absolute Gasteiger partial charge is 0.0936 e. The zero-order chi connectivity index (χ0) is 7.56. The summed E-state index contributed by atoms with van der Waals surface area (Å²) in [6, 6.07) is 2.13. The topological polar surface area (TPSA) is 17.8 Å². The summed E-state index contributed by atoms with van der Waals surface area (Å²) < 4.78 is 1.92. The van der Waals surface area contributed by atoms with Crippen LogP contribution in [0.5, 0.6) is 0 Å². The lowest BCUT2D eigenvalue weighted by Gasteiger charge is -1.92. The minimum atomic E-state index is 1.02. The third-order valence-corrected chi connectivity index (χ3v) is 2.26. The van der Waals surface area contributed by atoms with Crippen LogP contribution in [0.3, 0.4) is 0 Å². The molecule has 0 bridgehead atoms. The molecule has 0 radical (unpaired) electrons. The molecule has 0 amide bonds. The van der Waals surface area contributed by atoms with Gasteiger partial charge in [0.25, 0.3) is 0 Å². The van der Waals surface area contributed by atoms with Crippen molar-refractivity contribution in [3.8, 4) is 0 Å². The summed E-state index contributed by atoms with van der Waals surface area (Å²) in [7, 11) is 1.98. The van der Waals surface area contributed by atoms with E-state index in [1.807, 2.05) is 11.7 Å². The highest BCUT2D eigenvalue weighted by molar-refractivity contribution is 7.98. The Morgan fingerprint density at radius 3 is 2.70 bits per heavy atom. The van der Waals surface area contributed by atoms with Gasteiger partial charge in [0.2, 0.25) is 0 Å². The summed E-state index contributed by atoms with van der Waals surface area (Å²) in [5.41, 5.74) is 1.17. The highest BCUT2D eigenvalue weighted by Crippen LogP contribution is 2.14. The lowest BCUT2D eigenvalue weighted by molar-refractivity contribution is 0.687. The van der Waals surface area contributed by atoms with E-state index >= 15 is 0 Å². The zero-order valence-corrected chi connectivity index (χ0v) is 7.40. The second-order valence-corrected chi connectivity index (χ2v) is 2.98. The van der Waals surface area contributed by atoms with E-state index in [0.717, 1.165) is 6.42 Å². The molecule has 0 unspecified atom stereocenters. The molecule has 1 rings (SSSR count). The number of aromatic nitrogens is 2. The van der Waals surface area contributed by atoms with Gasteiger partial charge in [-0.15, -0.1) is 11.8 Å². The molecule has 0 atom stereocenters. The predicted molar refractivity (Wildman–Crippen MR) is 44.4 cm³/mol. The summed E-state index contributed by atoms with van der Waals surface area (Å²) in [4.78, 5) is 0. The van der Waals surface area contributed by atoms with Gasteiger partial charge in [-0.2, -0.15) is 5.10 Å². The molecule has 0 aliphatic heterocycles. The average molecular weight is 156 g/mol. The van der Waals surface area contributed by atoms with E-state index < -0.39 is 0 Å². The Morgan fingerprint density at radius 2 is 2.40 bits per heavy atom. The summed E-state index contributed by atoms with van der Waals surface area (Å²) in [5.74, 6) is 0. The molecular formula is C7H12N2S. The summed E-state index contributed by atoms with van der Waals surface area (Å²) in [6.07, 6.45) is 3.09. The van der Waals surface area contributed by atoms with Crippen LogP contribution in [-0.2, 0) is 13.5 Å². The first-order chi connectivity index (χ1) is 4.77. The molecule has 0 aliphatic carbocycles. The maximum Gasteiger partial charge on any atom is 0.0936 e. The SMILES string of the molecule is CCc1cc(SC)n(C)n1. The molecule has 0 N–H and O–H groups in total. The fourth-order valence-corrected chi connectivity index (χ4v) is 1.43. The van der Waals surface area contributed by atoms with E-state index in [2.05, 4.69) is 24.3 Å². The van der Waals surface area contributed by atoms with Gasteiger partial charge >= 0.3 is 0 Å². The maximum atomic E-state index is 4.30. The van der Waals surface area contributed by atoms with E-state index in [1.165, 1.54) is 10.7 Å². The first-order valence-electron chi connectivity index (χ1n) is 3.34. The second-order valence-electron chi connectivity index (χ2n) is 2.16. The number of nitrogens with zero attached hydrogens (tertiary/aromatic N) is 2. The van der Waals surface area contributed by atoms with Crippen molar-refractivity contribution < 1.29 is 0 Å². The Kier molecular flexibility index (Phi) is 2.38. The van der Waals surface area contributed by atoms with E-state index in [-0.39, 0.29) is 0 Å². The van der Waals surface area contributed by atoms with Crippen LogP contribution < -0.4 is 0 Å². The monoisotopic (exact) mass is 156 g/mol. The molecule has 0 aromatic carbocycles. The Hall–Kier alpha value is -0.440. The molecule has 1 aromatic rings. The first kappa shape index (κ1) is 7.66. The highest BCUT2D eigenvalue weighted by Gasteiger charge is 1.99. The number of thioether (sulfide) groups is 1. The Morgan fingerprint density at radius 1 is 1.70 bits per heavy atom. The molecule has 10 heavy (non-hydrogen) atoms. The molecule has 56 valence electrons. The van der Waals surface area contributed by atoms with E-state index in [4.69, 9.17) is 0 Å². The Bertz CT molecular complexity index is 217. The van der Waals surface area contributed by atoms with Crippen molar-refractivity contribution in [3.05, 3.63) is 11.8 Å². The maximum absolute atomic E-state index is 4.30. The summed E-state index contributed by atoms with van der Waals surface area (Å²) in [5, 5.41) is 5.53. The number of hydrogen-bond acceptors (Lipinski definition) is 2. The molecule has 1 heterocycles. The minimum absolute atomic E-state index is 1.02. The molecule has 0 saturated carbocycles. The van der Waals surface area contributed by atoms with Crippen LogP contribution in [0.2, 0.25) is 0 Å². The second kappa shape index (κ2) is 3.10. The number of rotatable bonds is 2. The molecule has 2 nitrogen and oxygen atoms in total. The third-order valence-electron chi connectivity index (χ3n) is 1.46. The van der Waals surface area contributed by atoms with Gasteiger partial charge in [-0.25, -0.2) is 0 Å². The van der Waals surface area contributed by atoms with Crippen LogP contribution in [0.4, 0.5) is 0 Å². The predicted octanol–water partition coefficient (Wildman–Crippen LogP) is 1.70. The van der Waals surface area contributed by atoms with Gasteiger partial charge in [0.15, 0.2) is 0 Å². The van der Waals surface area contributed by atoms with Gasteiger partial charge in [-0.1, -0.05) is 6.92 Å². The van der Waals surface area contributed by atoms with Gasteiger partial charge in [0.05, 0.1) is 10.7 Å². The van der Waals surface area contributed by atoms with Gasteiger partial charge in [-0.05, 0) is 18.7 Å². The minimum Gasteiger partial charge on any atom is -0.262 e. The van der Waals surface area contributed by atoms with Gasteiger partial charge in [0, 0.05) is 7.05 Å². The number of aryl methyl sites for hydroxylation is 2. The van der Waals surface area contributed by atoms with Crippen molar-refractivity contribution >= 4 is 11.8 Å². The average Bonchev–Trinajstić information content (AvgIpc) is 2.30. The molecular weight excluding hydrogens is 144 g/mol. The number of hydrogen-bond donors (Lipinski definition) is 0. The Labute approximate surface area is 65.6 Å². The van der Waals surface area contributed by atoms with Gasteiger partial charge in [0.1, 0.15) is 0 Å². The standard InChI is InChI=1S/C7H12N2S/c1-4-6-5-7(10-3)9(2)8-6/h5H,4H2,1-3H3. The van der Waals surface area contributed by atoms with Crippen LogP contribution in [0.15, 0.2) is 11.1 Å². The summed E-state index contributed by atoms with van der Waals surface area (Å²) >= 11 is 1.73. The molecule has 0 saturated heterocycles. The van der Waals surface area contributed by atoms with Crippen LogP contribution in [0.25, 0.3) is 0 Å². The van der Waals surface area contributed by atoms with Crippen molar-refractivity contribution in [2.45, 2.75) is 18.4 Å². The van der Waals surface area contributed by atoms with Crippen molar-refractivity contribution in [1.29, 1.82) is 0 Å².